The van der Waals surface area contributed by atoms with Gasteiger partial charge in [0.15, 0.2) is 11.5 Å². The number of halogens is 1. The first-order valence-corrected chi connectivity index (χ1v) is 6.31. The zero-order valence-corrected chi connectivity index (χ0v) is 11.1. The molecule has 0 spiro atoms. The molecule has 2 aromatic rings. The van der Waals surface area contributed by atoms with Gasteiger partial charge in [-0.25, -0.2) is 9.97 Å². The summed E-state index contributed by atoms with van der Waals surface area (Å²) < 4.78 is 10.6. The van der Waals surface area contributed by atoms with Gasteiger partial charge in [-0.3, -0.25) is 0 Å². The normalized spacial score (nSPS) is 12.5. The average molecular weight is 278 g/mol. The lowest BCUT2D eigenvalue weighted by atomic mass is 10.2. The van der Waals surface area contributed by atoms with Crippen molar-refractivity contribution in [3.63, 3.8) is 0 Å². The lowest BCUT2D eigenvalue weighted by molar-refractivity contribution is 0.174. The molecular formula is C13H12ClN3O2. The van der Waals surface area contributed by atoms with E-state index in [1.54, 1.807) is 0 Å². The van der Waals surface area contributed by atoms with Gasteiger partial charge in [0.1, 0.15) is 17.3 Å². The van der Waals surface area contributed by atoms with Crippen LogP contribution in [0.1, 0.15) is 12.5 Å². The van der Waals surface area contributed by atoms with Gasteiger partial charge in [-0.15, -0.1) is 0 Å². The van der Waals surface area contributed by atoms with E-state index in [-0.39, 0.29) is 6.79 Å². The summed E-state index contributed by atoms with van der Waals surface area (Å²) in [5.74, 6) is 2.19. The number of ether oxygens (including phenoxy) is 2. The van der Waals surface area contributed by atoms with Crippen molar-refractivity contribution in [2.24, 2.45) is 0 Å². The third-order valence-electron chi connectivity index (χ3n) is 2.88. The molecular weight excluding hydrogens is 266 g/mol. The van der Waals surface area contributed by atoms with Crippen molar-refractivity contribution in [2.75, 3.05) is 12.1 Å². The second-order valence-electron chi connectivity index (χ2n) is 4.04. The summed E-state index contributed by atoms with van der Waals surface area (Å²) in [7, 11) is 0. The highest BCUT2D eigenvalue weighted by molar-refractivity contribution is 6.30. The van der Waals surface area contributed by atoms with Crippen molar-refractivity contribution >= 4 is 23.1 Å². The predicted molar refractivity (Wildman–Crippen MR) is 72.3 cm³/mol. The Hall–Kier alpha value is -2.01. The molecule has 0 saturated carbocycles. The highest BCUT2D eigenvalue weighted by Crippen LogP contribution is 2.35. The van der Waals surface area contributed by atoms with Crippen molar-refractivity contribution in [2.45, 2.75) is 13.3 Å². The van der Waals surface area contributed by atoms with E-state index in [1.807, 2.05) is 25.1 Å². The van der Waals surface area contributed by atoms with Gasteiger partial charge in [-0.2, -0.15) is 0 Å². The molecule has 1 aromatic carbocycles. The monoisotopic (exact) mass is 277 g/mol. The standard InChI is InChI=1S/C13H12ClN3O2/c1-2-9-12(14)15-6-16-13(9)17-8-3-4-10-11(5-8)19-7-18-10/h3-6H,2,7H2,1H3,(H,15,16,17). The van der Waals surface area contributed by atoms with Gasteiger partial charge in [-0.1, -0.05) is 18.5 Å². The number of fused-ring (bicyclic) bond motifs is 1. The van der Waals surface area contributed by atoms with E-state index >= 15 is 0 Å². The number of nitrogens with one attached hydrogen (secondary N) is 1. The van der Waals surface area contributed by atoms with E-state index in [4.69, 9.17) is 21.1 Å². The molecule has 0 radical (unpaired) electrons. The summed E-state index contributed by atoms with van der Waals surface area (Å²) in [4.78, 5) is 8.20. The Balaban J connectivity index is 1.91. The van der Waals surface area contributed by atoms with E-state index in [1.165, 1.54) is 6.33 Å². The SMILES string of the molecule is CCc1c(Cl)ncnc1Nc1ccc2c(c1)OCO2. The van der Waals surface area contributed by atoms with Gasteiger partial charge in [-0.05, 0) is 18.6 Å². The molecule has 5 nitrogen and oxygen atoms in total. The number of hydrogen-bond donors (Lipinski definition) is 1. The highest BCUT2D eigenvalue weighted by Gasteiger charge is 2.14. The number of hydrogen-bond acceptors (Lipinski definition) is 5. The number of anilines is 2. The number of nitrogens with zero attached hydrogens (tertiary/aromatic N) is 2. The van der Waals surface area contributed by atoms with Crippen molar-refractivity contribution in [1.82, 2.24) is 9.97 Å². The Labute approximate surface area is 115 Å². The van der Waals surface area contributed by atoms with Crippen LogP contribution in [0.5, 0.6) is 11.5 Å². The van der Waals surface area contributed by atoms with Gasteiger partial charge in [0.05, 0.1) is 0 Å². The number of aromatic nitrogens is 2. The predicted octanol–water partition coefficient (Wildman–Crippen LogP) is 3.16. The third-order valence-corrected chi connectivity index (χ3v) is 3.21. The van der Waals surface area contributed by atoms with Crippen molar-refractivity contribution in [3.05, 3.63) is 35.2 Å². The van der Waals surface area contributed by atoms with Crippen molar-refractivity contribution in [3.8, 4) is 11.5 Å². The van der Waals surface area contributed by atoms with Gasteiger partial charge in [0, 0.05) is 17.3 Å². The van der Waals surface area contributed by atoms with E-state index in [9.17, 15) is 0 Å². The second kappa shape index (κ2) is 4.93. The molecule has 3 rings (SSSR count). The largest absolute Gasteiger partial charge is 0.454 e. The molecule has 6 heteroatoms. The second-order valence-corrected chi connectivity index (χ2v) is 4.40. The van der Waals surface area contributed by atoms with Gasteiger partial charge in [0.2, 0.25) is 6.79 Å². The molecule has 19 heavy (non-hydrogen) atoms. The summed E-state index contributed by atoms with van der Waals surface area (Å²) in [6, 6.07) is 5.64. The quantitative estimate of drug-likeness (QED) is 0.874. The maximum Gasteiger partial charge on any atom is 0.231 e. The van der Waals surface area contributed by atoms with Gasteiger partial charge in [0.25, 0.3) is 0 Å². The summed E-state index contributed by atoms with van der Waals surface area (Å²) in [5, 5.41) is 3.70. The Kier molecular flexibility index (Phi) is 3.13. The van der Waals surface area contributed by atoms with Gasteiger partial charge >= 0.3 is 0 Å². The van der Waals surface area contributed by atoms with Crippen LogP contribution in [0.4, 0.5) is 11.5 Å². The Bertz CT molecular complexity index is 619. The molecule has 1 aliphatic rings. The first-order valence-electron chi connectivity index (χ1n) is 5.94. The summed E-state index contributed by atoms with van der Waals surface area (Å²) in [6.45, 7) is 2.27. The van der Waals surface area contributed by atoms with Crippen LogP contribution in [0.15, 0.2) is 24.5 Å². The lowest BCUT2D eigenvalue weighted by Gasteiger charge is -2.10. The Morgan fingerprint density at radius 2 is 2.11 bits per heavy atom. The fourth-order valence-electron chi connectivity index (χ4n) is 1.92. The van der Waals surface area contributed by atoms with Crippen LogP contribution in [-0.4, -0.2) is 16.8 Å². The summed E-state index contributed by atoms with van der Waals surface area (Å²) in [5.41, 5.74) is 1.76. The molecule has 0 bridgehead atoms. The van der Waals surface area contributed by atoms with E-state index < -0.39 is 0 Å². The smallest absolute Gasteiger partial charge is 0.231 e. The number of benzene rings is 1. The lowest BCUT2D eigenvalue weighted by Crippen LogP contribution is -2.00. The fourth-order valence-corrected chi connectivity index (χ4v) is 2.19. The molecule has 0 amide bonds. The molecule has 1 aromatic heterocycles. The van der Waals surface area contributed by atoms with Crippen LogP contribution in [0.2, 0.25) is 5.15 Å². The van der Waals surface area contributed by atoms with E-state index in [0.29, 0.717) is 11.0 Å². The minimum Gasteiger partial charge on any atom is -0.454 e. The third kappa shape index (κ3) is 2.29. The molecule has 0 saturated heterocycles. The molecule has 0 atom stereocenters. The van der Waals surface area contributed by atoms with Crippen LogP contribution in [0, 0.1) is 0 Å². The van der Waals surface area contributed by atoms with Gasteiger partial charge < -0.3 is 14.8 Å². The van der Waals surface area contributed by atoms with Crippen molar-refractivity contribution < 1.29 is 9.47 Å². The zero-order valence-electron chi connectivity index (χ0n) is 10.3. The first-order chi connectivity index (χ1) is 9.28. The van der Waals surface area contributed by atoms with Crippen LogP contribution < -0.4 is 14.8 Å². The molecule has 2 heterocycles. The molecule has 0 fully saturated rings. The van der Waals surface area contributed by atoms with Crippen LogP contribution in [0.25, 0.3) is 0 Å². The summed E-state index contributed by atoms with van der Waals surface area (Å²) >= 11 is 6.05. The maximum atomic E-state index is 6.05. The van der Waals surface area contributed by atoms with E-state index in [0.717, 1.165) is 29.2 Å². The fraction of sp³-hybridized carbons (Fsp3) is 0.231. The molecule has 98 valence electrons. The Morgan fingerprint density at radius 1 is 1.26 bits per heavy atom. The average Bonchev–Trinajstić information content (AvgIpc) is 2.86. The van der Waals surface area contributed by atoms with E-state index in [2.05, 4.69) is 15.3 Å². The molecule has 1 aliphatic heterocycles. The maximum absolute atomic E-state index is 6.05. The first kappa shape index (κ1) is 12.0. The molecule has 0 aliphatic carbocycles. The van der Waals surface area contributed by atoms with Crippen LogP contribution in [0.3, 0.4) is 0 Å². The molecule has 0 unspecified atom stereocenters. The molecule has 1 N–H and O–H groups in total. The minimum absolute atomic E-state index is 0.262. The van der Waals surface area contributed by atoms with Crippen LogP contribution >= 0.6 is 11.6 Å². The highest BCUT2D eigenvalue weighted by atomic mass is 35.5. The summed E-state index contributed by atoms with van der Waals surface area (Å²) in [6.07, 6.45) is 2.20. The Morgan fingerprint density at radius 3 is 2.95 bits per heavy atom. The number of rotatable bonds is 3. The van der Waals surface area contributed by atoms with Crippen LogP contribution in [-0.2, 0) is 6.42 Å². The zero-order chi connectivity index (χ0) is 13.2. The van der Waals surface area contributed by atoms with Crippen molar-refractivity contribution in [1.29, 1.82) is 0 Å². The topological polar surface area (TPSA) is 56.3 Å². The minimum atomic E-state index is 0.262.